The van der Waals surface area contributed by atoms with Crippen molar-refractivity contribution in [2.75, 3.05) is 32.9 Å². The zero-order valence-electron chi connectivity index (χ0n) is 13.7. The number of β-amino-alcohol motifs (C(OH)–C–C–N with tert-alkyl or cyclic N) is 1. The molecule has 0 amide bonds. The number of nitrogens with zero attached hydrogens (tertiary/aromatic N) is 3. The Hall–Kier alpha value is -1.68. The van der Waals surface area contributed by atoms with Crippen molar-refractivity contribution in [3.8, 4) is 11.5 Å². The maximum absolute atomic E-state index is 12.0. The van der Waals surface area contributed by atoms with E-state index in [-0.39, 0.29) is 11.7 Å². The van der Waals surface area contributed by atoms with Gasteiger partial charge in [0, 0.05) is 39.3 Å². The van der Waals surface area contributed by atoms with Crippen LogP contribution in [-0.2, 0) is 16.6 Å². The number of furan rings is 1. The fraction of sp³-hybridized carbons (Fsp3) is 0.533. The van der Waals surface area contributed by atoms with Gasteiger partial charge in [-0.1, -0.05) is 0 Å². The van der Waals surface area contributed by atoms with Gasteiger partial charge in [0.05, 0.1) is 18.4 Å². The highest BCUT2D eigenvalue weighted by molar-refractivity contribution is 7.89. The number of hydrogen-bond donors (Lipinski definition) is 2. The molecule has 0 spiro atoms. The zero-order valence-corrected chi connectivity index (χ0v) is 14.5. The Labute approximate surface area is 141 Å². The molecule has 9 heteroatoms. The highest BCUT2D eigenvalue weighted by atomic mass is 32.2. The van der Waals surface area contributed by atoms with Gasteiger partial charge >= 0.3 is 0 Å². The van der Waals surface area contributed by atoms with Crippen LogP contribution in [-0.4, -0.2) is 72.0 Å². The normalized spacial score (nSPS) is 22.5. The van der Waals surface area contributed by atoms with E-state index in [1.165, 1.54) is 18.4 Å². The first kappa shape index (κ1) is 17.2. The van der Waals surface area contributed by atoms with Gasteiger partial charge in [0.1, 0.15) is 11.5 Å². The van der Waals surface area contributed by atoms with Crippen molar-refractivity contribution in [1.29, 1.82) is 0 Å². The zero-order chi connectivity index (χ0) is 17.3. The highest BCUT2D eigenvalue weighted by Crippen LogP contribution is 2.24. The van der Waals surface area contributed by atoms with Crippen LogP contribution in [0.5, 0.6) is 0 Å². The molecule has 3 rings (SSSR count). The number of aromatic nitrogens is 2. The van der Waals surface area contributed by atoms with E-state index in [1.54, 1.807) is 6.20 Å². The average Bonchev–Trinajstić information content (AvgIpc) is 3.21. The van der Waals surface area contributed by atoms with Crippen molar-refractivity contribution >= 4 is 10.0 Å². The lowest BCUT2D eigenvalue weighted by Gasteiger charge is -2.17. The Kier molecular flexibility index (Phi) is 4.77. The second-order valence-electron chi connectivity index (χ2n) is 6.32. The van der Waals surface area contributed by atoms with Crippen LogP contribution in [0.1, 0.15) is 5.76 Å². The van der Waals surface area contributed by atoms with Gasteiger partial charge in [-0.25, -0.2) is 12.7 Å². The van der Waals surface area contributed by atoms with Gasteiger partial charge in [0.25, 0.3) is 0 Å². The van der Waals surface area contributed by atoms with Crippen LogP contribution in [0.2, 0.25) is 0 Å². The molecule has 0 aromatic carbocycles. The summed E-state index contributed by atoms with van der Waals surface area (Å²) in [6.45, 7) is 1.49. The molecule has 0 radical (unpaired) electrons. The van der Waals surface area contributed by atoms with E-state index in [9.17, 15) is 13.5 Å². The summed E-state index contributed by atoms with van der Waals surface area (Å²) in [4.78, 5) is 2.01. The SMILES string of the molecule is CN(C)S(=O)(=O)C[C@@H]1CN(Cc2ccc(-c3ccn[nH]3)o2)C[C@@H]1O. The summed E-state index contributed by atoms with van der Waals surface area (Å²) in [6, 6.07) is 5.57. The van der Waals surface area contributed by atoms with Crippen molar-refractivity contribution in [1.82, 2.24) is 19.4 Å². The third-order valence-corrected chi connectivity index (χ3v) is 6.23. The summed E-state index contributed by atoms with van der Waals surface area (Å²) in [7, 11) is -0.308. The number of nitrogens with one attached hydrogen (secondary N) is 1. The van der Waals surface area contributed by atoms with Crippen molar-refractivity contribution in [3.05, 3.63) is 30.2 Å². The summed E-state index contributed by atoms with van der Waals surface area (Å²) in [6.07, 6.45) is 1.01. The van der Waals surface area contributed by atoms with Crippen LogP contribution in [0.25, 0.3) is 11.5 Å². The molecule has 132 valence electrons. The molecule has 2 N–H and O–H groups in total. The van der Waals surface area contributed by atoms with Crippen LogP contribution < -0.4 is 0 Å². The Morgan fingerprint density at radius 3 is 2.83 bits per heavy atom. The Morgan fingerprint density at radius 1 is 1.38 bits per heavy atom. The van der Waals surface area contributed by atoms with Crippen LogP contribution in [0.3, 0.4) is 0 Å². The van der Waals surface area contributed by atoms with Crippen molar-refractivity contribution < 1.29 is 17.9 Å². The summed E-state index contributed by atoms with van der Waals surface area (Å²) >= 11 is 0. The number of aromatic amines is 1. The van der Waals surface area contributed by atoms with Gasteiger partial charge in [0.15, 0.2) is 5.76 Å². The molecule has 1 aliphatic heterocycles. The molecule has 1 aliphatic rings. The van der Waals surface area contributed by atoms with Crippen LogP contribution in [0.15, 0.2) is 28.8 Å². The van der Waals surface area contributed by atoms with Gasteiger partial charge in [-0.2, -0.15) is 5.10 Å². The van der Waals surface area contributed by atoms with Crippen LogP contribution in [0, 0.1) is 5.92 Å². The number of hydrogen-bond acceptors (Lipinski definition) is 6. The second kappa shape index (κ2) is 6.67. The van der Waals surface area contributed by atoms with E-state index in [0.717, 1.165) is 11.5 Å². The van der Waals surface area contributed by atoms with E-state index >= 15 is 0 Å². The second-order valence-corrected chi connectivity index (χ2v) is 8.55. The smallest absolute Gasteiger partial charge is 0.214 e. The summed E-state index contributed by atoms with van der Waals surface area (Å²) in [5.41, 5.74) is 0.803. The summed E-state index contributed by atoms with van der Waals surface area (Å²) < 4.78 is 31.0. The van der Waals surface area contributed by atoms with Crippen molar-refractivity contribution in [2.45, 2.75) is 12.6 Å². The molecule has 2 atom stereocenters. The average molecular weight is 354 g/mol. The molecule has 0 bridgehead atoms. The highest BCUT2D eigenvalue weighted by Gasteiger charge is 2.35. The fourth-order valence-electron chi connectivity index (χ4n) is 2.88. The fourth-order valence-corrected chi connectivity index (χ4v) is 4.04. The summed E-state index contributed by atoms with van der Waals surface area (Å²) in [5, 5.41) is 16.9. The largest absolute Gasteiger partial charge is 0.458 e. The van der Waals surface area contributed by atoms with Gasteiger partial charge in [0.2, 0.25) is 10.0 Å². The molecule has 0 aliphatic carbocycles. The number of sulfonamides is 1. The molecule has 1 saturated heterocycles. The van der Waals surface area contributed by atoms with Crippen LogP contribution >= 0.6 is 0 Å². The number of aliphatic hydroxyl groups excluding tert-OH is 1. The third kappa shape index (κ3) is 3.69. The molecule has 0 unspecified atom stereocenters. The number of H-pyrrole nitrogens is 1. The predicted octanol–water partition coefficient (Wildman–Crippen LogP) is 0.354. The molecule has 2 aromatic rings. The number of likely N-dealkylation sites (tertiary alicyclic amines) is 1. The Morgan fingerprint density at radius 2 is 2.17 bits per heavy atom. The first-order valence-corrected chi connectivity index (χ1v) is 9.35. The minimum Gasteiger partial charge on any atom is -0.458 e. The van der Waals surface area contributed by atoms with Gasteiger partial charge < -0.3 is 9.52 Å². The summed E-state index contributed by atoms with van der Waals surface area (Å²) in [5.74, 6) is 1.13. The Balaban J connectivity index is 1.61. The lowest BCUT2D eigenvalue weighted by atomic mass is 10.1. The van der Waals surface area contributed by atoms with Crippen LogP contribution in [0.4, 0.5) is 0 Å². The van der Waals surface area contributed by atoms with Crippen molar-refractivity contribution in [2.24, 2.45) is 5.92 Å². The van der Waals surface area contributed by atoms with E-state index in [1.807, 2.05) is 23.1 Å². The predicted molar refractivity (Wildman–Crippen MR) is 88.5 cm³/mol. The van der Waals surface area contributed by atoms with E-state index in [4.69, 9.17) is 4.42 Å². The lowest BCUT2D eigenvalue weighted by molar-refractivity contribution is 0.147. The molecule has 1 fully saturated rings. The monoisotopic (exact) mass is 354 g/mol. The minimum absolute atomic E-state index is 0.0464. The maximum Gasteiger partial charge on any atom is 0.214 e. The molecular formula is C15H22N4O4S. The van der Waals surface area contributed by atoms with Gasteiger partial charge in [-0.3, -0.25) is 10.00 Å². The van der Waals surface area contributed by atoms with E-state index in [0.29, 0.717) is 25.4 Å². The molecule has 3 heterocycles. The number of rotatable bonds is 6. The lowest BCUT2D eigenvalue weighted by Crippen LogP contribution is -2.33. The molecular weight excluding hydrogens is 332 g/mol. The minimum atomic E-state index is -3.32. The molecule has 2 aromatic heterocycles. The maximum atomic E-state index is 12.0. The van der Waals surface area contributed by atoms with Gasteiger partial charge in [-0.15, -0.1) is 0 Å². The standard InChI is InChI=1S/C15H22N4O4S/c1-18(2)24(21,22)10-11-7-19(9-14(11)20)8-12-3-4-15(23-12)13-5-6-16-17-13/h3-6,11,14,20H,7-10H2,1-2H3,(H,16,17)/t11-,14-/m0/s1. The van der Waals surface area contributed by atoms with Gasteiger partial charge in [-0.05, 0) is 18.2 Å². The van der Waals surface area contributed by atoms with E-state index in [2.05, 4.69) is 10.2 Å². The van der Waals surface area contributed by atoms with E-state index < -0.39 is 16.1 Å². The topological polar surface area (TPSA) is 103 Å². The first-order chi connectivity index (χ1) is 11.3. The number of aliphatic hydroxyl groups is 1. The third-order valence-electron chi connectivity index (χ3n) is 4.27. The quantitative estimate of drug-likeness (QED) is 0.776. The first-order valence-electron chi connectivity index (χ1n) is 7.74. The molecule has 0 saturated carbocycles. The Bertz CT molecular complexity index is 769. The molecule has 8 nitrogen and oxygen atoms in total. The van der Waals surface area contributed by atoms with Crippen molar-refractivity contribution in [3.63, 3.8) is 0 Å². The molecule has 24 heavy (non-hydrogen) atoms.